The number of thiophene rings is 1. The summed E-state index contributed by atoms with van der Waals surface area (Å²) < 4.78 is 1.18. The fourth-order valence-corrected chi connectivity index (χ4v) is 4.23. The maximum atomic E-state index is 4.81. The van der Waals surface area contributed by atoms with E-state index in [9.17, 15) is 0 Å². The second-order valence-electron chi connectivity index (χ2n) is 5.71. The number of nitrogens with zero attached hydrogens (tertiary/aromatic N) is 5. The Labute approximate surface area is 184 Å². The molecule has 0 bridgehead atoms. The monoisotopic (exact) mass is 550 g/mol. The molecule has 1 fully saturated rings. The quantitative estimate of drug-likeness (QED) is 0.352. The van der Waals surface area contributed by atoms with Crippen LogP contribution < -0.4 is 10.2 Å². The van der Waals surface area contributed by atoms with E-state index in [1.54, 1.807) is 23.7 Å². The standard InChI is InChI=1S/C17H23BrN6S.HI/c1-2-19-16(22-9-6-14-4-5-15(18)25-14)23-10-12-24(13-11-23)17-20-7-3-8-21-17;/h3-5,7-8H,2,6,9-13H2,1H3,(H,19,22);1H. The summed E-state index contributed by atoms with van der Waals surface area (Å²) in [6.45, 7) is 7.46. The zero-order valence-electron chi connectivity index (χ0n) is 14.8. The minimum absolute atomic E-state index is 0. The Morgan fingerprint density at radius 3 is 2.58 bits per heavy atom. The summed E-state index contributed by atoms with van der Waals surface area (Å²) in [5.41, 5.74) is 0. The van der Waals surface area contributed by atoms with Gasteiger partial charge in [0, 0.05) is 63.0 Å². The molecule has 0 aromatic carbocycles. The van der Waals surface area contributed by atoms with E-state index in [1.165, 1.54) is 8.66 Å². The van der Waals surface area contributed by atoms with Crippen molar-refractivity contribution in [2.45, 2.75) is 13.3 Å². The first-order chi connectivity index (χ1) is 12.3. The molecule has 142 valence electrons. The molecule has 1 saturated heterocycles. The highest BCUT2D eigenvalue weighted by Crippen LogP contribution is 2.22. The molecule has 0 spiro atoms. The predicted molar refractivity (Wildman–Crippen MR) is 123 cm³/mol. The number of nitrogens with one attached hydrogen (secondary N) is 1. The van der Waals surface area contributed by atoms with Crippen molar-refractivity contribution in [1.29, 1.82) is 0 Å². The number of aromatic nitrogens is 2. The maximum absolute atomic E-state index is 4.81. The topological polar surface area (TPSA) is 56.7 Å². The number of hydrogen-bond acceptors (Lipinski definition) is 5. The molecule has 1 aliphatic heterocycles. The third-order valence-corrected chi connectivity index (χ3v) is 5.68. The van der Waals surface area contributed by atoms with Crippen LogP contribution in [0.2, 0.25) is 0 Å². The second kappa shape index (κ2) is 11.0. The molecular formula is C17H24BrIN6S. The summed E-state index contributed by atoms with van der Waals surface area (Å²) in [7, 11) is 0. The van der Waals surface area contributed by atoms with Gasteiger partial charge in [0.05, 0.1) is 3.79 Å². The summed E-state index contributed by atoms with van der Waals surface area (Å²) in [6.07, 6.45) is 4.56. The number of piperazine rings is 1. The largest absolute Gasteiger partial charge is 0.357 e. The van der Waals surface area contributed by atoms with Gasteiger partial charge < -0.3 is 15.1 Å². The van der Waals surface area contributed by atoms with E-state index < -0.39 is 0 Å². The Bertz CT molecular complexity index is 688. The van der Waals surface area contributed by atoms with Gasteiger partial charge in [-0.1, -0.05) is 0 Å². The fourth-order valence-electron chi connectivity index (χ4n) is 2.76. The number of aliphatic imine (C=N–C) groups is 1. The van der Waals surface area contributed by atoms with Crippen LogP contribution >= 0.6 is 51.2 Å². The van der Waals surface area contributed by atoms with Crippen LogP contribution in [-0.4, -0.2) is 60.1 Å². The Kier molecular flexibility index (Phi) is 9.06. The predicted octanol–water partition coefficient (Wildman–Crippen LogP) is 3.25. The minimum Gasteiger partial charge on any atom is -0.357 e. The van der Waals surface area contributed by atoms with Gasteiger partial charge in [-0.2, -0.15) is 0 Å². The molecule has 9 heteroatoms. The van der Waals surface area contributed by atoms with Gasteiger partial charge in [-0.25, -0.2) is 9.97 Å². The zero-order chi connectivity index (χ0) is 17.5. The first-order valence-electron chi connectivity index (χ1n) is 8.55. The number of anilines is 1. The smallest absolute Gasteiger partial charge is 0.225 e. The van der Waals surface area contributed by atoms with Crippen LogP contribution in [0.4, 0.5) is 5.95 Å². The lowest BCUT2D eigenvalue weighted by molar-refractivity contribution is 0.370. The van der Waals surface area contributed by atoms with Gasteiger partial charge >= 0.3 is 0 Å². The highest BCUT2D eigenvalue weighted by atomic mass is 127. The molecule has 1 aliphatic rings. The van der Waals surface area contributed by atoms with Crippen LogP contribution in [0, 0.1) is 0 Å². The number of rotatable bonds is 5. The van der Waals surface area contributed by atoms with E-state index in [4.69, 9.17) is 4.99 Å². The molecule has 2 aromatic rings. The summed E-state index contributed by atoms with van der Waals surface area (Å²) >= 11 is 5.29. The molecule has 0 aliphatic carbocycles. The number of hydrogen-bond donors (Lipinski definition) is 1. The lowest BCUT2D eigenvalue weighted by Crippen LogP contribution is -2.53. The highest BCUT2D eigenvalue weighted by molar-refractivity contribution is 14.0. The SMILES string of the molecule is CCNC(=NCCc1ccc(Br)s1)N1CCN(c2ncccn2)CC1.I. The minimum atomic E-state index is 0. The van der Waals surface area contributed by atoms with E-state index in [1.807, 2.05) is 6.07 Å². The van der Waals surface area contributed by atoms with Gasteiger partial charge in [0.2, 0.25) is 5.95 Å². The Balaban J connectivity index is 0.00000243. The summed E-state index contributed by atoms with van der Waals surface area (Å²) in [4.78, 5) is 19.4. The van der Waals surface area contributed by atoms with Crippen LogP contribution in [0.1, 0.15) is 11.8 Å². The van der Waals surface area contributed by atoms with Crippen molar-refractivity contribution >= 4 is 63.2 Å². The van der Waals surface area contributed by atoms with Crippen molar-refractivity contribution in [2.75, 3.05) is 44.2 Å². The lowest BCUT2D eigenvalue weighted by Gasteiger charge is -2.36. The van der Waals surface area contributed by atoms with Crippen LogP contribution in [-0.2, 0) is 6.42 Å². The molecule has 1 N–H and O–H groups in total. The van der Waals surface area contributed by atoms with Gasteiger partial charge in [0.15, 0.2) is 5.96 Å². The van der Waals surface area contributed by atoms with Crippen molar-refractivity contribution < 1.29 is 0 Å². The van der Waals surface area contributed by atoms with E-state index in [-0.39, 0.29) is 24.0 Å². The van der Waals surface area contributed by atoms with E-state index in [0.717, 1.165) is 57.6 Å². The fraction of sp³-hybridized carbons (Fsp3) is 0.471. The third kappa shape index (κ3) is 6.05. The molecule has 0 saturated carbocycles. The molecule has 3 rings (SSSR count). The van der Waals surface area contributed by atoms with Gasteiger partial charge in [-0.3, -0.25) is 4.99 Å². The van der Waals surface area contributed by atoms with E-state index in [2.05, 4.69) is 60.1 Å². The first kappa shape index (κ1) is 21.4. The van der Waals surface area contributed by atoms with Gasteiger partial charge in [-0.15, -0.1) is 35.3 Å². The molecule has 2 aromatic heterocycles. The van der Waals surface area contributed by atoms with Crippen molar-refractivity contribution in [2.24, 2.45) is 4.99 Å². The van der Waals surface area contributed by atoms with Crippen molar-refractivity contribution in [3.63, 3.8) is 0 Å². The normalized spacial score (nSPS) is 14.9. The molecular weight excluding hydrogens is 527 g/mol. The van der Waals surface area contributed by atoms with Crippen LogP contribution in [0.15, 0.2) is 39.4 Å². The molecule has 26 heavy (non-hydrogen) atoms. The van der Waals surface area contributed by atoms with Gasteiger partial charge in [0.25, 0.3) is 0 Å². The number of guanidine groups is 1. The summed E-state index contributed by atoms with van der Waals surface area (Å²) in [6, 6.07) is 6.11. The van der Waals surface area contributed by atoms with Gasteiger partial charge in [-0.05, 0) is 41.1 Å². The van der Waals surface area contributed by atoms with Crippen LogP contribution in [0.25, 0.3) is 0 Å². The average molecular weight is 551 g/mol. The second-order valence-corrected chi connectivity index (χ2v) is 8.26. The molecule has 3 heterocycles. The first-order valence-corrected chi connectivity index (χ1v) is 10.2. The van der Waals surface area contributed by atoms with E-state index >= 15 is 0 Å². The van der Waals surface area contributed by atoms with Crippen molar-refractivity contribution in [1.82, 2.24) is 20.2 Å². The van der Waals surface area contributed by atoms with Crippen LogP contribution in [0.5, 0.6) is 0 Å². The Morgan fingerprint density at radius 2 is 1.96 bits per heavy atom. The summed E-state index contributed by atoms with van der Waals surface area (Å²) in [5.74, 6) is 1.82. The third-order valence-electron chi connectivity index (χ3n) is 4.00. The maximum Gasteiger partial charge on any atom is 0.225 e. The average Bonchev–Trinajstić information content (AvgIpc) is 3.07. The number of halogens is 2. The molecule has 0 radical (unpaired) electrons. The van der Waals surface area contributed by atoms with Crippen molar-refractivity contribution in [3.05, 3.63) is 39.3 Å². The Morgan fingerprint density at radius 1 is 1.23 bits per heavy atom. The molecule has 0 atom stereocenters. The Hall–Kier alpha value is -0.940. The molecule has 6 nitrogen and oxygen atoms in total. The molecule has 0 amide bonds. The highest BCUT2D eigenvalue weighted by Gasteiger charge is 2.20. The lowest BCUT2D eigenvalue weighted by atomic mass is 10.3. The van der Waals surface area contributed by atoms with Crippen molar-refractivity contribution in [3.8, 4) is 0 Å². The summed E-state index contributed by atoms with van der Waals surface area (Å²) in [5, 5.41) is 3.42. The van der Waals surface area contributed by atoms with Gasteiger partial charge in [0.1, 0.15) is 0 Å². The van der Waals surface area contributed by atoms with E-state index in [0.29, 0.717) is 0 Å². The van der Waals surface area contributed by atoms with Crippen LogP contribution in [0.3, 0.4) is 0 Å². The zero-order valence-corrected chi connectivity index (χ0v) is 19.5. The molecule has 0 unspecified atom stereocenters.